The number of hydrogen-bond donors (Lipinski definition) is 1. The van der Waals surface area contributed by atoms with Crippen LogP contribution in [0.2, 0.25) is 0 Å². The summed E-state index contributed by atoms with van der Waals surface area (Å²) in [5.41, 5.74) is 0.969. The molecule has 0 saturated carbocycles. The molecule has 1 atom stereocenters. The van der Waals surface area contributed by atoms with Gasteiger partial charge >= 0.3 is 0 Å². The predicted molar refractivity (Wildman–Crippen MR) is 67.1 cm³/mol. The van der Waals surface area contributed by atoms with Crippen LogP contribution in [-0.4, -0.2) is 24.6 Å². The van der Waals surface area contributed by atoms with Gasteiger partial charge in [-0.1, -0.05) is 18.2 Å². The molecule has 0 spiro atoms. The Morgan fingerprint density at radius 2 is 2.12 bits per heavy atom. The first-order valence-corrected chi connectivity index (χ1v) is 6.60. The van der Waals surface area contributed by atoms with Gasteiger partial charge in [-0.3, -0.25) is 0 Å². The van der Waals surface area contributed by atoms with E-state index in [2.05, 4.69) is 12.1 Å². The molecule has 0 aliphatic carbocycles. The van der Waals surface area contributed by atoms with Crippen LogP contribution in [0.3, 0.4) is 0 Å². The van der Waals surface area contributed by atoms with Crippen molar-refractivity contribution < 1.29 is 14.6 Å². The number of aliphatic hydroxyl groups is 1. The average Bonchev–Trinajstić information content (AvgIpc) is 2.97. The predicted octanol–water partition coefficient (Wildman–Crippen LogP) is 2.70. The molecule has 90 valence electrons. The van der Waals surface area contributed by atoms with Gasteiger partial charge in [0.25, 0.3) is 0 Å². The molecular formula is C13H14O3S. The van der Waals surface area contributed by atoms with E-state index in [1.807, 2.05) is 17.5 Å². The van der Waals surface area contributed by atoms with Gasteiger partial charge in [-0.2, -0.15) is 0 Å². The molecular weight excluding hydrogens is 236 g/mol. The quantitative estimate of drug-likeness (QED) is 0.910. The SMILES string of the molecule is OC(CC1OCCO1)c1cccc2ccsc12. The highest BCUT2D eigenvalue weighted by Gasteiger charge is 2.22. The van der Waals surface area contributed by atoms with Gasteiger partial charge in [0, 0.05) is 11.1 Å². The highest BCUT2D eigenvalue weighted by molar-refractivity contribution is 7.17. The van der Waals surface area contributed by atoms with Crippen LogP contribution in [0.5, 0.6) is 0 Å². The first-order chi connectivity index (χ1) is 8.34. The van der Waals surface area contributed by atoms with E-state index in [0.717, 1.165) is 10.3 Å². The third-order valence-corrected chi connectivity index (χ3v) is 3.95. The molecule has 3 rings (SSSR count). The fourth-order valence-corrected chi connectivity index (χ4v) is 3.09. The van der Waals surface area contributed by atoms with E-state index in [9.17, 15) is 5.11 Å². The summed E-state index contributed by atoms with van der Waals surface area (Å²) in [6.45, 7) is 1.25. The summed E-state index contributed by atoms with van der Waals surface area (Å²) in [6.07, 6.45) is -0.294. The first kappa shape index (κ1) is 11.2. The normalized spacial score (nSPS) is 18.9. The molecule has 1 aromatic heterocycles. The van der Waals surface area contributed by atoms with Crippen LogP contribution in [-0.2, 0) is 9.47 Å². The van der Waals surface area contributed by atoms with Crippen molar-refractivity contribution in [1.29, 1.82) is 0 Å². The lowest BCUT2D eigenvalue weighted by Gasteiger charge is -2.15. The zero-order chi connectivity index (χ0) is 11.7. The van der Waals surface area contributed by atoms with E-state index in [0.29, 0.717) is 19.6 Å². The maximum Gasteiger partial charge on any atom is 0.160 e. The maximum atomic E-state index is 10.2. The molecule has 1 saturated heterocycles. The Kier molecular flexibility index (Phi) is 3.11. The topological polar surface area (TPSA) is 38.7 Å². The second-order valence-electron chi connectivity index (χ2n) is 4.11. The molecule has 0 radical (unpaired) electrons. The van der Waals surface area contributed by atoms with Crippen molar-refractivity contribution in [2.24, 2.45) is 0 Å². The molecule has 2 heterocycles. The number of aliphatic hydroxyl groups excluding tert-OH is 1. The number of fused-ring (bicyclic) bond motifs is 1. The molecule has 3 nitrogen and oxygen atoms in total. The third-order valence-electron chi connectivity index (χ3n) is 2.97. The Balaban J connectivity index is 1.84. The van der Waals surface area contributed by atoms with E-state index in [-0.39, 0.29) is 6.29 Å². The second kappa shape index (κ2) is 4.74. The number of ether oxygens (including phenoxy) is 2. The van der Waals surface area contributed by atoms with Crippen molar-refractivity contribution in [2.45, 2.75) is 18.8 Å². The number of benzene rings is 1. The van der Waals surface area contributed by atoms with Gasteiger partial charge < -0.3 is 14.6 Å². The summed E-state index contributed by atoms with van der Waals surface area (Å²) in [5.74, 6) is 0. The van der Waals surface area contributed by atoms with Gasteiger partial charge in [-0.25, -0.2) is 0 Å². The standard InChI is InChI=1S/C13H14O3S/c14-11(8-12-15-5-6-16-12)10-3-1-2-9-4-7-17-13(9)10/h1-4,7,11-12,14H,5-6,8H2. The summed E-state index contributed by atoms with van der Waals surface area (Å²) < 4.78 is 11.9. The highest BCUT2D eigenvalue weighted by Crippen LogP contribution is 2.31. The summed E-state index contributed by atoms with van der Waals surface area (Å²) >= 11 is 1.66. The first-order valence-electron chi connectivity index (χ1n) is 5.72. The molecule has 1 aliphatic rings. The molecule has 1 unspecified atom stereocenters. The lowest BCUT2D eigenvalue weighted by molar-refractivity contribution is -0.0705. The van der Waals surface area contributed by atoms with E-state index in [4.69, 9.17) is 9.47 Å². The van der Waals surface area contributed by atoms with E-state index in [1.165, 1.54) is 5.39 Å². The van der Waals surface area contributed by atoms with Crippen molar-refractivity contribution in [3.05, 3.63) is 35.2 Å². The van der Waals surface area contributed by atoms with Gasteiger partial charge in [-0.05, 0) is 22.4 Å². The Labute approximate surface area is 104 Å². The fraction of sp³-hybridized carbons (Fsp3) is 0.385. The highest BCUT2D eigenvalue weighted by atomic mass is 32.1. The maximum absolute atomic E-state index is 10.2. The molecule has 4 heteroatoms. The largest absolute Gasteiger partial charge is 0.388 e. The van der Waals surface area contributed by atoms with Crippen molar-refractivity contribution in [3.63, 3.8) is 0 Å². The second-order valence-corrected chi connectivity index (χ2v) is 5.02. The van der Waals surface area contributed by atoms with Crippen LogP contribution in [0, 0.1) is 0 Å². The zero-order valence-corrected chi connectivity index (χ0v) is 10.2. The zero-order valence-electron chi connectivity index (χ0n) is 9.33. The summed E-state index contributed by atoms with van der Waals surface area (Å²) in [5, 5.41) is 13.5. The number of hydrogen-bond acceptors (Lipinski definition) is 4. The average molecular weight is 250 g/mol. The molecule has 2 aromatic rings. The minimum Gasteiger partial charge on any atom is -0.388 e. The van der Waals surface area contributed by atoms with Crippen LogP contribution in [0.1, 0.15) is 18.1 Å². The molecule has 1 aliphatic heterocycles. The van der Waals surface area contributed by atoms with Gasteiger partial charge in [0.05, 0.1) is 19.3 Å². The van der Waals surface area contributed by atoms with Crippen molar-refractivity contribution in [3.8, 4) is 0 Å². The third kappa shape index (κ3) is 2.21. The molecule has 1 aromatic carbocycles. The van der Waals surface area contributed by atoms with Crippen LogP contribution >= 0.6 is 11.3 Å². The fourth-order valence-electron chi connectivity index (χ4n) is 2.13. The van der Waals surface area contributed by atoms with Crippen LogP contribution in [0.15, 0.2) is 29.6 Å². The monoisotopic (exact) mass is 250 g/mol. The van der Waals surface area contributed by atoms with Crippen molar-refractivity contribution in [2.75, 3.05) is 13.2 Å². The smallest absolute Gasteiger partial charge is 0.160 e. The van der Waals surface area contributed by atoms with Crippen LogP contribution < -0.4 is 0 Å². The van der Waals surface area contributed by atoms with Gasteiger partial charge in [-0.15, -0.1) is 11.3 Å². The Morgan fingerprint density at radius 3 is 2.94 bits per heavy atom. The summed E-state index contributed by atoms with van der Waals surface area (Å²) in [6, 6.07) is 8.08. The lowest BCUT2D eigenvalue weighted by atomic mass is 10.0. The van der Waals surface area contributed by atoms with Crippen molar-refractivity contribution >= 4 is 21.4 Å². The van der Waals surface area contributed by atoms with E-state index in [1.54, 1.807) is 11.3 Å². The molecule has 17 heavy (non-hydrogen) atoms. The minimum absolute atomic E-state index is 0.264. The minimum atomic E-state index is -0.527. The number of thiophene rings is 1. The molecule has 1 N–H and O–H groups in total. The van der Waals surface area contributed by atoms with Gasteiger partial charge in [0.1, 0.15) is 0 Å². The summed E-state index contributed by atoms with van der Waals surface area (Å²) in [7, 11) is 0. The van der Waals surface area contributed by atoms with E-state index < -0.39 is 6.10 Å². The number of rotatable bonds is 3. The molecule has 1 fully saturated rings. The molecule has 0 bridgehead atoms. The Morgan fingerprint density at radius 1 is 1.29 bits per heavy atom. The Bertz CT molecular complexity index is 502. The van der Waals surface area contributed by atoms with Crippen LogP contribution in [0.25, 0.3) is 10.1 Å². The van der Waals surface area contributed by atoms with Crippen LogP contribution in [0.4, 0.5) is 0 Å². The molecule has 0 amide bonds. The Hall–Kier alpha value is -0.940. The summed E-state index contributed by atoms with van der Waals surface area (Å²) in [4.78, 5) is 0. The van der Waals surface area contributed by atoms with Gasteiger partial charge in [0.15, 0.2) is 6.29 Å². The van der Waals surface area contributed by atoms with E-state index >= 15 is 0 Å². The van der Waals surface area contributed by atoms with Crippen molar-refractivity contribution in [1.82, 2.24) is 0 Å². The lowest BCUT2D eigenvalue weighted by Crippen LogP contribution is -2.13. The van der Waals surface area contributed by atoms with Gasteiger partial charge in [0.2, 0.25) is 0 Å².